The number of alkyl halides is 3. The van der Waals surface area contributed by atoms with Crippen LogP contribution in [0.5, 0.6) is 0 Å². The van der Waals surface area contributed by atoms with E-state index in [4.69, 9.17) is 0 Å². The van der Waals surface area contributed by atoms with Crippen molar-refractivity contribution in [3.63, 3.8) is 0 Å². The Kier molecular flexibility index (Phi) is 6.27. The van der Waals surface area contributed by atoms with Gasteiger partial charge in [0.1, 0.15) is 0 Å². The number of amides is 1. The number of pyridine rings is 1. The van der Waals surface area contributed by atoms with Crippen LogP contribution in [0.2, 0.25) is 0 Å². The van der Waals surface area contributed by atoms with E-state index in [1.165, 1.54) is 25.1 Å². The smallest absolute Gasteiger partial charge is 0.340 e. The Morgan fingerprint density at radius 2 is 1.62 bits per heavy atom. The molecule has 1 N–H and O–H groups in total. The zero-order chi connectivity index (χ0) is 24.3. The highest BCUT2D eigenvalue weighted by molar-refractivity contribution is 5.92. The summed E-state index contributed by atoms with van der Waals surface area (Å²) in [6.07, 6.45) is -1.37. The minimum absolute atomic E-state index is 0.0788. The van der Waals surface area contributed by atoms with Gasteiger partial charge in [0.05, 0.1) is 17.3 Å². The Morgan fingerprint density at radius 3 is 2.29 bits per heavy atom. The molecule has 34 heavy (non-hydrogen) atoms. The fourth-order valence-electron chi connectivity index (χ4n) is 3.54. The van der Waals surface area contributed by atoms with E-state index in [0.29, 0.717) is 0 Å². The maximum absolute atomic E-state index is 13.2. The first-order chi connectivity index (χ1) is 16.2. The minimum atomic E-state index is -4.55. The first-order valence-corrected chi connectivity index (χ1v) is 10.3. The Labute approximate surface area is 192 Å². The Hall–Kier alpha value is -4.27. The number of nitrogens with one attached hydrogen (secondary N) is 1. The molecule has 1 amide bonds. The van der Waals surface area contributed by atoms with Crippen LogP contribution in [0.3, 0.4) is 0 Å². The molecule has 4 rings (SSSR count). The Balaban J connectivity index is 1.73. The molecule has 0 fully saturated rings. The largest absolute Gasteiger partial charge is 0.416 e. The van der Waals surface area contributed by atoms with Gasteiger partial charge in [-0.15, -0.1) is 0 Å². The number of halogens is 3. The summed E-state index contributed by atoms with van der Waals surface area (Å²) in [7, 11) is 0. The summed E-state index contributed by atoms with van der Waals surface area (Å²) in [5.41, 5.74) is -0.0625. The van der Waals surface area contributed by atoms with Crippen molar-refractivity contribution in [2.75, 3.05) is 0 Å². The molecule has 0 spiro atoms. The van der Waals surface area contributed by atoms with Crippen LogP contribution in [0.4, 0.5) is 13.2 Å². The molecule has 6 nitrogen and oxygen atoms in total. The molecule has 9 heteroatoms. The summed E-state index contributed by atoms with van der Waals surface area (Å²) in [6, 6.07) is 17.7. The predicted molar refractivity (Wildman–Crippen MR) is 120 cm³/mol. The number of carbonyl (C=O) groups excluding carboxylic acids is 1. The fraction of sp³-hybridized carbons (Fsp3) is 0.120. The second kappa shape index (κ2) is 9.30. The summed E-state index contributed by atoms with van der Waals surface area (Å²) in [5, 5.41) is 6.94. The van der Waals surface area contributed by atoms with Crippen molar-refractivity contribution in [2.45, 2.75) is 19.1 Å². The van der Waals surface area contributed by atoms with Crippen LogP contribution >= 0.6 is 0 Å². The number of nitrogens with zero attached hydrogens (tertiary/aromatic N) is 3. The van der Waals surface area contributed by atoms with Crippen LogP contribution < -0.4 is 10.7 Å². The lowest BCUT2D eigenvalue weighted by Crippen LogP contribution is -2.35. The number of rotatable bonds is 5. The Morgan fingerprint density at radius 1 is 0.941 bits per heavy atom. The second-order valence-electron chi connectivity index (χ2n) is 7.56. The van der Waals surface area contributed by atoms with E-state index in [1.54, 1.807) is 24.5 Å². The summed E-state index contributed by atoms with van der Waals surface area (Å²) >= 11 is 0. The first-order valence-electron chi connectivity index (χ1n) is 10.3. The van der Waals surface area contributed by atoms with Gasteiger partial charge in [-0.2, -0.15) is 18.3 Å². The molecule has 0 saturated carbocycles. The number of hydrogen-bond acceptors (Lipinski definition) is 4. The molecule has 0 aliphatic heterocycles. The lowest BCUT2D eigenvalue weighted by atomic mass is 9.99. The molecule has 0 bridgehead atoms. The second-order valence-corrected chi connectivity index (χ2v) is 7.56. The molecule has 2 aromatic carbocycles. The summed E-state index contributed by atoms with van der Waals surface area (Å²) < 4.78 is 40.7. The van der Waals surface area contributed by atoms with Gasteiger partial charge >= 0.3 is 6.18 Å². The maximum Gasteiger partial charge on any atom is 0.416 e. The van der Waals surface area contributed by atoms with Gasteiger partial charge in [-0.3, -0.25) is 14.6 Å². The number of benzene rings is 2. The fourth-order valence-corrected chi connectivity index (χ4v) is 3.54. The van der Waals surface area contributed by atoms with Crippen molar-refractivity contribution >= 4 is 5.91 Å². The van der Waals surface area contributed by atoms with Crippen molar-refractivity contribution in [3.8, 4) is 5.69 Å². The molecular formula is C25H19F3N4O2. The molecule has 4 aromatic rings. The molecule has 1 unspecified atom stereocenters. The zero-order valence-electron chi connectivity index (χ0n) is 18.0. The highest BCUT2D eigenvalue weighted by atomic mass is 19.4. The van der Waals surface area contributed by atoms with E-state index < -0.39 is 34.8 Å². The van der Waals surface area contributed by atoms with Crippen molar-refractivity contribution in [2.24, 2.45) is 0 Å². The van der Waals surface area contributed by atoms with E-state index in [9.17, 15) is 22.8 Å². The molecule has 172 valence electrons. The van der Waals surface area contributed by atoms with Crippen molar-refractivity contribution in [3.05, 3.63) is 123 Å². The highest BCUT2D eigenvalue weighted by Crippen LogP contribution is 2.30. The van der Waals surface area contributed by atoms with Gasteiger partial charge in [-0.1, -0.05) is 36.4 Å². The molecule has 0 aliphatic carbocycles. The molecule has 0 saturated heterocycles. The van der Waals surface area contributed by atoms with E-state index in [2.05, 4.69) is 15.4 Å². The number of carbonyl (C=O) groups is 1. The van der Waals surface area contributed by atoms with Crippen LogP contribution in [0.15, 0.2) is 90.0 Å². The molecule has 0 radical (unpaired) electrons. The number of aryl methyl sites for hydroxylation is 1. The lowest BCUT2D eigenvalue weighted by Gasteiger charge is -2.20. The molecule has 2 heterocycles. The van der Waals surface area contributed by atoms with Crippen LogP contribution in [-0.2, 0) is 6.18 Å². The lowest BCUT2D eigenvalue weighted by molar-refractivity contribution is -0.137. The summed E-state index contributed by atoms with van der Waals surface area (Å²) in [4.78, 5) is 29.8. The molecular weight excluding hydrogens is 445 g/mol. The van der Waals surface area contributed by atoms with Crippen LogP contribution in [0, 0.1) is 6.92 Å². The molecule has 0 aliphatic rings. The maximum atomic E-state index is 13.2. The van der Waals surface area contributed by atoms with Gasteiger partial charge in [0.2, 0.25) is 5.43 Å². The average molecular weight is 464 g/mol. The third-order valence-corrected chi connectivity index (χ3v) is 5.19. The van der Waals surface area contributed by atoms with E-state index >= 15 is 0 Å². The van der Waals surface area contributed by atoms with Gasteiger partial charge < -0.3 is 5.32 Å². The quantitative estimate of drug-likeness (QED) is 0.473. The van der Waals surface area contributed by atoms with Gasteiger partial charge in [-0.25, -0.2) is 4.68 Å². The standard InChI is InChI=1S/C25H19F3N4O2/c1-16-14-21(33)23(31-32(16)20-9-5-8-19(15-20)25(26,27)28)24(34)30-22(17-6-3-2-4-7-17)18-10-12-29-13-11-18/h2-15,22H,1H3,(H,30,34). The predicted octanol–water partition coefficient (Wildman–Crippen LogP) is 4.47. The van der Waals surface area contributed by atoms with E-state index in [-0.39, 0.29) is 11.4 Å². The topological polar surface area (TPSA) is 76.9 Å². The monoisotopic (exact) mass is 464 g/mol. The SMILES string of the molecule is Cc1cc(=O)c(C(=O)NC(c2ccccc2)c2ccncc2)nn1-c1cccc(C(F)(F)F)c1. The van der Waals surface area contributed by atoms with Crippen LogP contribution in [-0.4, -0.2) is 20.7 Å². The third-order valence-electron chi connectivity index (χ3n) is 5.19. The summed E-state index contributed by atoms with van der Waals surface area (Å²) in [6.45, 7) is 1.53. The molecule has 2 aromatic heterocycles. The van der Waals surface area contributed by atoms with Crippen LogP contribution in [0.1, 0.15) is 38.9 Å². The van der Waals surface area contributed by atoms with Crippen molar-refractivity contribution < 1.29 is 18.0 Å². The highest BCUT2D eigenvalue weighted by Gasteiger charge is 2.31. The molecule has 1 atom stereocenters. The van der Waals surface area contributed by atoms with Gasteiger partial charge in [0.25, 0.3) is 5.91 Å². The third kappa shape index (κ3) is 4.88. The van der Waals surface area contributed by atoms with Gasteiger partial charge in [-0.05, 0) is 48.4 Å². The zero-order valence-corrected chi connectivity index (χ0v) is 18.0. The van der Waals surface area contributed by atoms with Gasteiger partial charge in [0.15, 0.2) is 5.69 Å². The number of hydrogen-bond donors (Lipinski definition) is 1. The number of aromatic nitrogens is 3. The first kappa shape index (κ1) is 22.9. The van der Waals surface area contributed by atoms with Crippen molar-refractivity contribution in [1.82, 2.24) is 20.1 Å². The van der Waals surface area contributed by atoms with Crippen molar-refractivity contribution in [1.29, 1.82) is 0 Å². The van der Waals surface area contributed by atoms with E-state index in [1.807, 2.05) is 30.3 Å². The van der Waals surface area contributed by atoms with Crippen LogP contribution in [0.25, 0.3) is 5.69 Å². The normalized spacial score (nSPS) is 12.2. The Bertz CT molecular complexity index is 1330. The summed E-state index contributed by atoms with van der Waals surface area (Å²) in [5.74, 6) is -0.753. The average Bonchev–Trinajstić information content (AvgIpc) is 2.83. The minimum Gasteiger partial charge on any atom is -0.340 e. The van der Waals surface area contributed by atoms with E-state index in [0.717, 1.165) is 27.9 Å². The van der Waals surface area contributed by atoms with Gasteiger partial charge in [0, 0.05) is 24.2 Å².